The number of sulfonamides is 1. The van der Waals surface area contributed by atoms with Crippen molar-refractivity contribution in [2.24, 2.45) is 0 Å². The molecule has 0 aliphatic carbocycles. The molecule has 0 amide bonds. The summed E-state index contributed by atoms with van der Waals surface area (Å²) in [5.41, 5.74) is 0. The van der Waals surface area contributed by atoms with Crippen LogP contribution in [-0.2, 0) is 10.0 Å². The monoisotopic (exact) mass is 281 g/mol. The maximum absolute atomic E-state index is 11.8. The smallest absolute Gasteiger partial charge is 0.208 e. The zero-order valence-corrected chi connectivity index (χ0v) is 11.5. The van der Waals surface area contributed by atoms with Gasteiger partial charge in [-0.1, -0.05) is 34.8 Å². The summed E-state index contributed by atoms with van der Waals surface area (Å²) in [6, 6.07) is -0.480. The lowest BCUT2D eigenvalue weighted by molar-refractivity contribution is 0.302. The molecule has 0 aliphatic rings. The Kier molecular flexibility index (Phi) is 5.01. The van der Waals surface area contributed by atoms with Crippen LogP contribution in [0, 0.1) is 0 Å². The first kappa shape index (κ1) is 14.8. The van der Waals surface area contributed by atoms with Crippen LogP contribution in [0.2, 0.25) is 0 Å². The van der Waals surface area contributed by atoms with Gasteiger partial charge in [0.05, 0.1) is 0 Å². The van der Waals surface area contributed by atoms with Crippen LogP contribution in [0.3, 0.4) is 0 Å². The van der Waals surface area contributed by atoms with Crippen LogP contribution in [0.15, 0.2) is 0 Å². The topological polar surface area (TPSA) is 37.4 Å². The molecule has 0 bridgehead atoms. The SMILES string of the molecule is CC(C)N(C(C)C)S(=O)(=O)C(Cl)(Cl)Cl. The van der Waals surface area contributed by atoms with E-state index in [1.54, 1.807) is 27.7 Å². The molecule has 0 atom stereocenters. The third-order valence-corrected chi connectivity index (χ3v) is 5.33. The Morgan fingerprint density at radius 1 is 1.00 bits per heavy atom. The number of halogens is 3. The van der Waals surface area contributed by atoms with Crippen LogP contribution < -0.4 is 0 Å². The van der Waals surface area contributed by atoms with Gasteiger partial charge in [0.25, 0.3) is 10.0 Å². The standard InChI is InChI=1S/C7H14Cl3NO2S/c1-5(2)11(6(3)4)14(12,13)7(8,9)10/h5-6H,1-4H3. The van der Waals surface area contributed by atoms with Gasteiger partial charge in [-0.15, -0.1) is 0 Å². The van der Waals surface area contributed by atoms with E-state index in [2.05, 4.69) is 0 Å². The normalized spacial score (nSPS) is 14.4. The van der Waals surface area contributed by atoms with Crippen LogP contribution in [0.25, 0.3) is 0 Å². The lowest BCUT2D eigenvalue weighted by Gasteiger charge is -2.32. The second-order valence-electron chi connectivity index (χ2n) is 3.47. The molecule has 0 N–H and O–H groups in total. The Morgan fingerprint density at radius 2 is 1.29 bits per heavy atom. The van der Waals surface area contributed by atoms with E-state index in [0.29, 0.717) is 0 Å². The predicted octanol–water partition coefficient (Wildman–Crippen LogP) is 2.76. The summed E-state index contributed by atoms with van der Waals surface area (Å²) in [6.45, 7) is 6.92. The van der Waals surface area contributed by atoms with E-state index in [1.807, 2.05) is 0 Å². The Bertz CT molecular complexity index is 274. The number of hydrogen-bond donors (Lipinski definition) is 0. The number of rotatable bonds is 3. The average Bonchev–Trinajstić information content (AvgIpc) is 1.79. The summed E-state index contributed by atoms with van der Waals surface area (Å²) >= 11 is 16.2. The fourth-order valence-corrected chi connectivity index (χ4v) is 3.34. The molecular weight excluding hydrogens is 269 g/mol. The highest BCUT2D eigenvalue weighted by Gasteiger charge is 2.44. The maximum atomic E-state index is 11.8. The fraction of sp³-hybridized carbons (Fsp3) is 1.00. The van der Waals surface area contributed by atoms with Crippen molar-refractivity contribution < 1.29 is 8.42 Å². The Hall–Kier alpha value is 0.780. The second kappa shape index (κ2) is 4.74. The minimum absolute atomic E-state index is 0.240. The van der Waals surface area contributed by atoms with Gasteiger partial charge in [-0.05, 0) is 27.7 Å². The molecule has 0 saturated heterocycles. The first-order valence-electron chi connectivity index (χ1n) is 4.11. The Morgan fingerprint density at radius 3 is 1.36 bits per heavy atom. The van der Waals surface area contributed by atoms with E-state index >= 15 is 0 Å². The summed E-state index contributed by atoms with van der Waals surface area (Å²) in [5, 5.41) is 0. The molecule has 0 saturated carbocycles. The molecular formula is C7H14Cl3NO2S. The minimum atomic E-state index is -3.91. The maximum Gasteiger partial charge on any atom is 0.306 e. The highest BCUT2D eigenvalue weighted by atomic mass is 35.6. The van der Waals surface area contributed by atoms with E-state index in [1.165, 1.54) is 4.31 Å². The largest absolute Gasteiger partial charge is 0.306 e. The third-order valence-electron chi connectivity index (χ3n) is 1.59. The number of nitrogens with zero attached hydrogens (tertiary/aromatic N) is 1. The zero-order chi connectivity index (χ0) is 11.7. The molecule has 0 rings (SSSR count). The van der Waals surface area contributed by atoms with E-state index in [0.717, 1.165) is 0 Å². The zero-order valence-electron chi connectivity index (χ0n) is 8.46. The van der Waals surface area contributed by atoms with Gasteiger partial charge >= 0.3 is 3.12 Å². The molecule has 0 aromatic heterocycles. The molecule has 0 unspecified atom stereocenters. The number of hydrogen-bond acceptors (Lipinski definition) is 2. The molecule has 0 spiro atoms. The second-order valence-corrected chi connectivity index (χ2v) is 8.41. The van der Waals surface area contributed by atoms with E-state index < -0.39 is 13.1 Å². The van der Waals surface area contributed by atoms with Crippen LogP contribution in [0.4, 0.5) is 0 Å². The molecule has 3 nitrogen and oxygen atoms in total. The first-order valence-corrected chi connectivity index (χ1v) is 6.69. The summed E-state index contributed by atoms with van der Waals surface area (Å²) in [7, 11) is -3.91. The lowest BCUT2D eigenvalue weighted by Crippen LogP contribution is -2.47. The van der Waals surface area contributed by atoms with E-state index in [4.69, 9.17) is 34.8 Å². The van der Waals surface area contributed by atoms with Crippen molar-refractivity contribution in [1.82, 2.24) is 4.31 Å². The van der Waals surface area contributed by atoms with Gasteiger partial charge in [0.2, 0.25) is 0 Å². The Balaban J connectivity index is 5.24. The highest BCUT2D eigenvalue weighted by molar-refractivity contribution is 7.95. The van der Waals surface area contributed by atoms with Gasteiger partial charge in [0.15, 0.2) is 0 Å². The molecule has 86 valence electrons. The molecule has 0 aliphatic heterocycles. The van der Waals surface area contributed by atoms with Crippen LogP contribution in [-0.4, -0.2) is 27.9 Å². The van der Waals surface area contributed by atoms with Gasteiger partial charge in [-0.3, -0.25) is 0 Å². The van der Waals surface area contributed by atoms with E-state index in [-0.39, 0.29) is 12.1 Å². The molecule has 0 aromatic carbocycles. The molecule has 7 heteroatoms. The van der Waals surface area contributed by atoms with E-state index in [9.17, 15) is 8.42 Å². The fourth-order valence-electron chi connectivity index (χ4n) is 1.27. The van der Waals surface area contributed by atoms with Crippen LogP contribution >= 0.6 is 34.8 Å². The number of alkyl halides is 3. The van der Waals surface area contributed by atoms with Gasteiger partial charge in [0, 0.05) is 12.1 Å². The minimum Gasteiger partial charge on any atom is -0.208 e. The van der Waals surface area contributed by atoms with Crippen LogP contribution in [0.1, 0.15) is 27.7 Å². The van der Waals surface area contributed by atoms with Crippen molar-refractivity contribution in [2.45, 2.75) is 42.9 Å². The average molecular weight is 283 g/mol. The summed E-state index contributed by atoms with van der Waals surface area (Å²) in [6.07, 6.45) is 0. The van der Waals surface area contributed by atoms with Gasteiger partial charge < -0.3 is 0 Å². The van der Waals surface area contributed by atoms with Crippen molar-refractivity contribution in [2.75, 3.05) is 0 Å². The van der Waals surface area contributed by atoms with Crippen molar-refractivity contribution in [3.8, 4) is 0 Å². The summed E-state index contributed by atoms with van der Waals surface area (Å²) < 4.78 is 22.4. The summed E-state index contributed by atoms with van der Waals surface area (Å²) in [5.74, 6) is 0. The van der Waals surface area contributed by atoms with Crippen molar-refractivity contribution in [3.63, 3.8) is 0 Å². The predicted molar refractivity (Wildman–Crippen MR) is 61.3 cm³/mol. The quantitative estimate of drug-likeness (QED) is 0.747. The molecule has 0 radical (unpaired) electrons. The molecule has 0 heterocycles. The van der Waals surface area contributed by atoms with Crippen LogP contribution in [0.5, 0.6) is 0 Å². The third kappa shape index (κ3) is 3.14. The summed E-state index contributed by atoms with van der Waals surface area (Å²) in [4.78, 5) is 0. The molecule has 0 fully saturated rings. The first-order chi connectivity index (χ1) is 6.01. The van der Waals surface area contributed by atoms with Gasteiger partial charge in [0.1, 0.15) is 0 Å². The van der Waals surface area contributed by atoms with Gasteiger partial charge in [-0.2, -0.15) is 4.31 Å². The lowest BCUT2D eigenvalue weighted by atomic mass is 10.3. The van der Waals surface area contributed by atoms with Crippen molar-refractivity contribution in [3.05, 3.63) is 0 Å². The Labute approximate surface area is 100 Å². The highest BCUT2D eigenvalue weighted by Crippen LogP contribution is 2.36. The molecule has 0 aromatic rings. The van der Waals surface area contributed by atoms with Crippen molar-refractivity contribution in [1.29, 1.82) is 0 Å². The van der Waals surface area contributed by atoms with Crippen molar-refractivity contribution >= 4 is 44.8 Å². The van der Waals surface area contributed by atoms with Gasteiger partial charge in [-0.25, -0.2) is 8.42 Å². The molecule has 14 heavy (non-hydrogen) atoms.